The van der Waals surface area contributed by atoms with Crippen LogP contribution in [0.15, 0.2) is 48.5 Å². The minimum Gasteiger partial charge on any atom is -0.382 e. The highest BCUT2D eigenvalue weighted by Gasteiger charge is 2.17. The molecule has 0 aliphatic heterocycles. The third-order valence-electron chi connectivity index (χ3n) is 5.29. The smallest absolute Gasteiger partial charge is 0.152 e. The van der Waals surface area contributed by atoms with Crippen molar-refractivity contribution in [3.63, 3.8) is 0 Å². The van der Waals surface area contributed by atoms with E-state index in [1.807, 2.05) is 30.1 Å². The molecule has 0 saturated carbocycles. The fourth-order valence-corrected chi connectivity index (χ4v) is 4.57. The van der Waals surface area contributed by atoms with Gasteiger partial charge in [0.1, 0.15) is 17.9 Å². The second kappa shape index (κ2) is 9.68. The number of aromatic nitrogens is 3. The Kier molecular flexibility index (Phi) is 6.75. The summed E-state index contributed by atoms with van der Waals surface area (Å²) in [4.78, 5) is 9.48. The van der Waals surface area contributed by atoms with E-state index in [0.29, 0.717) is 12.4 Å². The SMILES string of the molecule is COCc1nc2c(N)nc3cc(-c4ccccc4)ccc3c2n1CCCCSN(C)C. The molecule has 0 saturated heterocycles. The molecule has 0 aliphatic rings. The molecular weight excluding hydrogens is 406 g/mol. The van der Waals surface area contributed by atoms with Crippen molar-refractivity contribution in [3.8, 4) is 11.1 Å². The Morgan fingerprint density at radius 2 is 1.84 bits per heavy atom. The first-order valence-electron chi connectivity index (χ1n) is 10.5. The average molecular weight is 436 g/mol. The van der Waals surface area contributed by atoms with E-state index in [9.17, 15) is 0 Å². The zero-order valence-corrected chi connectivity index (χ0v) is 19.2. The highest BCUT2D eigenvalue weighted by Crippen LogP contribution is 2.32. The van der Waals surface area contributed by atoms with Crippen molar-refractivity contribution in [2.24, 2.45) is 0 Å². The van der Waals surface area contributed by atoms with E-state index in [-0.39, 0.29) is 0 Å². The molecule has 4 rings (SSSR count). The van der Waals surface area contributed by atoms with Crippen LogP contribution in [0.4, 0.5) is 5.82 Å². The maximum atomic E-state index is 6.36. The van der Waals surface area contributed by atoms with Crippen LogP contribution in [-0.2, 0) is 17.9 Å². The molecule has 4 aromatic rings. The van der Waals surface area contributed by atoms with Gasteiger partial charge in [-0.15, -0.1) is 0 Å². The Morgan fingerprint density at radius 1 is 1.03 bits per heavy atom. The molecule has 0 amide bonds. The fraction of sp³-hybridized carbons (Fsp3) is 0.333. The third kappa shape index (κ3) is 4.69. The van der Waals surface area contributed by atoms with Crippen molar-refractivity contribution >= 4 is 39.7 Å². The number of aryl methyl sites for hydroxylation is 1. The molecule has 31 heavy (non-hydrogen) atoms. The van der Waals surface area contributed by atoms with Crippen LogP contribution in [0, 0.1) is 0 Å². The second-order valence-electron chi connectivity index (χ2n) is 7.76. The van der Waals surface area contributed by atoms with Gasteiger partial charge in [0.15, 0.2) is 5.82 Å². The Hall–Kier alpha value is -2.61. The van der Waals surface area contributed by atoms with Gasteiger partial charge in [-0.2, -0.15) is 0 Å². The zero-order chi connectivity index (χ0) is 21.8. The van der Waals surface area contributed by atoms with E-state index in [1.54, 1.807) is 7.11 Å². The molecule has 7 heteroatoms. The summed E-state index contributed by atoms with van der Waals surface area (Å²) in [5, 5.41) is 1.07. The lowest BCUT2D eigenvalue weighted by atomic mass is 10.0. The second-order valence-corrected chi connectivity index (χ2v) is 9.15. The Balaban J connectivity index is 1.76. The molecule has 6 nitrogen and oxygen atoms in total. The van der Waals surface area contributed by atoms with Crippen molar-refractivity contribution < 1.29 is 4.74 Å². The number of hydrogen-bond acceptors (Lipinski definition) is 6. The molecule has 0 bridgehead atoms. The largest absolute Gasteiger partial charge is 0.382 e. The van der Waals surface area contributed by atoms with Gasteiger partial charge >= 0.3 is 0 Å². The van der Waals surface area contributed by atoms with Crippen molar-refractivity contribution in [3.05, 3.63) is 54.4 Å². The van der Waals surface area contributed by atoms with Crippen LogP contribution >= 0.6 is 11.9 Å². The van der Waals surface area contributed by atoms with Crippen LogP contribution in [0.25, 0.3) is 33.1 Å². The Morgan fingerprint density at radius 3 is 2.58 bits per heavy atom. The number of hydrogen-bond donors (Lipinski definition) is 1. The van der Waals surface area contributed by atoms with E-state index < -0.39 is 0 Å². The zero-order valence-electron chi connectivity index (χ0n) is 18.3. The summed E-state index contributed by atoms with van der Waals surface area (Å²) in [6, 6.07) is 16.7. The lowest BCUT2D eigenvalue weighted by Gasteiger charge is -2.12. The van der Waals surface area contributed by atoms with Gasteiger partial charge in [-0.05, 0) is 44.1 Å². The molecule has 2 heterocycles. The lowest BCUT2D eigenvalue weighted by Crippen LogP contribution is -2.07. The summed E-state index contributed by atoms with van der Waals surface area (Å²) in [7, 11) is 5.86. The van der Waals surface area contributed by atoms with E-state index in [1.165, 1.54) is 0 Å². The molecule has 2 N–H and O–H groups in total. The summed E-state index contributed by atoms with van der Waals surface area (Å²) in [5.41, 5.74) is 11.4. The molecule has 0 fully saturated rings. The highest BCUT2D eigenvalue weighted by atomic mass is 32.2. The minimum atomic E-state index is 0.449. The number of nitrogens with zero attached hydrogens (tertiary/aromatic N) is 4. The summed E-state index contributed by atoms with van der Waals surface area (Å²) >= 11 is 1.84. The van der Waals surface area contributed by atoms with Gasteiger partial charge in [0.25, 0.3) is 0 Å². The van der Waals surface area contributed by atoms with Crippen LogP contribution in [0.1, 0.15) is 18.7 Å². The molecule has 2 aromatic carbocycles. The first-order valence-corrected chi connectivity index (χ1v) is 11.5. The predicted molar refractivity (Wildman–Crippen MR) is 131 cm³/mol. The normalized spacial score (nSPS) is 11.7. The monoisotopic (exact) mass is 435 g/mol. The number of unbranched alkanes of at least 4 members (excludes halogenated alkanes) is 1. The molecule has 2 aromatic heterocycles. The number of methoxy groups -OCH3 is 1. The Labute approximate surface area is 187 Å². The summed E-state index contributed by atoms with van der Waals surface area (Å²) in [6.07, 6.45) is 2.19. The van der Waals surface area contributed by atoms with Crippen molar-refractivity contribution in [2.45, 2.75) is 26.0 Å². The van der Waals surface area contributed by atoms with E-state index in [2.05, 4.69) is 58.3 Å². The van der Waals surface area contributed by atoms with E-state index >= 15 is 0 Å². The van der Waals surface area contributed by atoms with Gasteiger partial charge in [0.05, 0.1) is 11.0 Å². The maximum Gasteiger partial charge on any atom is 0.152 e. The predicted octanol–water partition coefficient (Wildman–Crippen LogP) is 4.97. The number of anilines is 1. The topological polar surface area (TPSA) is 69.2 Å². The average Bonchev–Trinajstić information content (AvgIpc) is 3.13. The van der Waals surface area contributed by atoms with Crippen LogP contribution in [-0.4, -0.2) is 45.8 Å². The molecule has 0 spiro atoms. The fourth-order valence-electron chi connectivity index (χ4n) is 3.87. The van der Waals surface area contributed by atoms with Crippen LogP contribution in [0.5, 0.6) is 0 Å². The van der Waals surface area contributed by atoms with Gasteiger partial charge in [-0.1, -0.05) is 54.4 Å². The minimum absolute atomic E-state index is 0.449. The van der Waals surface area contributed by atoms with Gasteiger partial charge in [0, 0.05) is 24.8 Å². The first kappa shape index (κ1) is 21.6. The number of ether oxygens (including phenoxy) is 1. The number of nitrogen functional groups attached to an aromatic ring is 1. The molecule has 0 unspecified atom stereocenters. The van der Waals surface area contributed by atoms with Gasteiger partial charge < -0.3 is 15.0 Å². The summed E-state index contributed by atoms with van der Waals surface area (Å²) in [6.45, 7) is 1.33. The molecule has 162 valence electrons. The number of fused-ring (bicyclic) bond motifs is 3. The Bertz CT molecular complexity index is 1170. The number of rotatable bonds is 9. The molecule has 0 atom stereocenters. The standard InChI is InChI=1S/C24H29N5OS/c1-28(2)31-14-8-7-13-29-21(16-30-3)27-22-23(29)19-12-11-18(15-20(19)26-24(22)25)17-9-5-4-6-10-17/h4-6,9-12,15H,7-8,13-14,16H2,1-3H3,(H2,25,26). The number of imidazole rings is 1. The number of benzene rings is 2. The lowest BCUT2D eigenvalue weighted by molar-refractivity contribution is 0.174. The van der Waals surface area contributed by atoms with Crippen LogP contribution in [0.2, 0.25) is 0 Å². The quantitative estimate of drug-likeness (QED) is 0.296. The van der Waals surface area contributed by atoms with Gasteiger partial charge in [0.2, 0.25) is 0 Å². The maximum absolute atomic E-state index is 6.36. The van der Waals surface area contributed by atoms with Crippen LogP contribution < -0.4 is 5.73 Å². The summed E-state index contributed by atoms with van der Waals surface area (Å²) in [5.74, 6) is 2.46. The number of pyridine rings is 1. The first-order chi connectivity index (χ1) is 15.1. The van der Waals surface area contributed by atoms with Gasteiger partial charge in [-0.25, -0.2) is 9.97 Å². The van der Waals surface area contributed by atoms with Crippen molar-refractivity contribution in [1.82, 2.24) is 18.8 Å². The molecule has 0 radical (unpaired) electrons. The molecule has 0 aliphatic carbocycles. The molecular formula is C24H29N5OS. The van der Waals surface area contributed by atoms with E-state index in [4.69, 9.17) is 15.5 Å². The third-order valence-corrected chi connectivity index (χ3v) is 6.28. The summed E-state index contributed by atoms with van der Waals surface area (Å²) < 4.78 is 9.84. The van der Waals surface area contributed by atoms with Crippen LogP contribution in [0.3, 0.4) is 0 Å². The van der Waals surface area contributed by atoms with E-state index in [0.717, 1.165) is 64.0 Å². The van der Waals surface area contributed by atoms with Crippen molar-refractivity contribution in [1.29, 1.82) is 0 Å². The highest BCUT2D eigenvalue weighted by molar-refractivity contribution is 7.96. The van der Waals surface area contributed by atoms with Crippen molar-refractivity contribution in [2.75, 3.05) is 32.7 Å². The number of nitrogens with two attached hydrogens (primary N) is 1. The van der Waals surface area contributed by atoms with Gasteiger partial charge in [-0.3, -0.25) is 4.31 Å².